The fourth-order valence-electron chi connectivity index (χ4n) is 4.17. The number of nitrogens with one attached hydrogen (secondary N) is 1. The molecule has 3 aromatic rings. The molecule has 1 unspecified atom stereocenters. The van der Waals surface area contributed by atoms with Gasteiger partial charge in [-0.2, -0.15) is 0 Å². The molecule has 3 rings (SSSR count). The minimum Gasteiger partial charge on any atom is -0.354 e. The molecule has 0 heterocycles. The number of unbranched alkanes of at least 4 members (excludes halogenated alkanes) is 1. The fraction of sp³-hybridized carbons (Fsp3) is 0.333. The van der Waals surface area contributed by atoms with Crippen LogP contribution in [0.1, 0.15) is 44.2 Å². The van der Waals surface area contributed by atoms with E-state index in [0.29, 0.717) is 23.7 Å². The second kappa shape index (κ2) is 14.1. The number of carbonyl (C=O) groups is 2. The van der Waals surface area contributed by atoms with Gasteiger partial charge in [0.25, 0.3) is 10.0 Å². The van der Waals surface area contributed by atoms with Gasteiger partial charge in [-0.25, -0.2) is 8.42 Å². The third-order valence-corrected chi connectivity index (χ3v) is 8.45. The molecule has 0 aliphatic rings. The van der Waals surface area contributed by atoms with Crippen molar-refractivity contribution in [2.75, 3.05) is 17.4 Å². The van der Waals surface area contributed by atoms with Crippen LogP contribution in [-0.4, -0.2) is 44.3 Å². The number of hydrogen-bond acceptors (Lipinski definition) is 4. The van der Waals surface area contributed by atoms with Crippen molar-refractivity contribution in [3.8, 4) is 0 Å². The summed E-state index contributed by atoms with van der Waals surface area (Å²) in [4.78, 5) is 28.7. The Balaban J connectivity index is 2.01. The highest BCUT2D eigenvalue weighted by Crippen LogP contribution is 2.26. The van der Waals surface area contributed by atoms with E-state index in [1.165, 1.54) is 17.0 Å². The Labute approximate surface area is 236 Å². The van der Waals surface area contributed by atoms with Crippen molar-refractivity contribution in [1.29, 1.82) is 0 Å². The number of anilines is 1. The molecule has 39 heavy (non-hydrogen) atoms. The SMILES string of the molecule is CCCCNC(=O)C(CC)N(Cc1ccc(C)cc1)C(=O)CN(c1ccc(Cl)cc1)S(=O)(=O)c1ccccc1. The second-order valence-electron chi connectivity index (χ2n) is 9.38. The summed E-state index contributed by atoms with van der Waals surface area (Å²) in [6.07, 6.45) is 2.13. The Hall–Kier alpha value is -3.36. The molecule has 7 nitrogen and oxygen atoms in total. The van der Waals surface area contributed by atoms with Gasteiger partial charge >= 0.3 is 0 Å². The summed E-state index contributed by atoms with van der Waals surface area (Å²) >= 11 is 6.06. The van der Waals surface area contributed by atoms with Crippen LogP contribution in [0.2, 0.25) is 5.02 Å². The maximum absolute atomic E-state index is 14.0. The molecule has 0 aliphatic carbocycles. The molecule has 0 fully saturated rings. The van der Waals surface area contributed by atoms with Crippen LogP contribution in [0, 0.1) is 6.92 Å². The topological polar surface area (TPSA) is 86.8 Å². The van der Waals surface area contributed by atoms with E-state index in [-0.39, 0.29) is 17.3 Å². The van der Waals surface area contributed by atoms with Gasteiger partial charge in [-0.05, 0) is 61.7 Å². The fourth-order valence-corrected chi connectivity index (χ4v) is 5.73. The van der Waals surface area contributed by atoms with Crippen molar-refractivity contribution >= 4 is 39.1 Å². The van der Waals surface area contributed by atoms with Gasteiger partial charge in [-0.15, -0.1) is 0 Å². The summed E-state index contributed by atoms with van der Waals surface area (Å²) in [6, 6.07) is 21.2. The summed E-state index contributed by atoms with van der Waals surface area (Å²) in [7, 11) is -4.10. The number of carbonyl (C=O) groups excluding carboxylic acids is 2. The highest BCUT2D eigenvalue weighted by Gasteiger charge is 2.33. The van der Waals surface area contributed by atoms with Crippen LogP contribution >= 0.6 is 11.6 Å². The third-order valence-electron chi connectivity index (χ3n) is 6.41. The molecule has 3 aromatic carbocycles. The number of amides is 2. The predicted molar refractivity (Wildman–Crippen MR) is 156 cm³/mol. The highest BCUT2D eigenvalue weighted by atomic mass is 35.5. The highest BCUT2D eigenvalue weighted by molar-refractivity contribution is 7.92. The predicted octanol–water partition coefficient (Wildman–Crippen LogP) is 5.57. The normalized spacial score (nSPS) is 12.0. The van der Waals surface area contributed by atoms with E-state index in [0.717, 1.165) is 28.3 Å². The quantitative estimate of drug-likeness (QED) is 0.273. The first kappa shape index (κ1) is 30.2. The van der Waals surface area contributed by atoms with E-state index >= 15 is 0 Å². The Morgan fingerprint density at radius 2 is 1.56 bits per heavy atom. The summed E-state index contributed by atoms with van der Waals surface area (Å²) < 4.78 is 28.6. The Morgan fingerprint density at radius 1 is 0.923 bits per heavy atom. The molecule has 9 heteroatoms. The average molecular weight is 570 g/mol. The minimum atomic E-state index is -4.10. The number of rotatable bonds is 13. The summed E-state index contributed by atoms with van der Waals surface area (Å²) in [5.41, 5.74) is 2.22. The van der Waals surface area contributed by atoms with Crippen molar-refractivity contribution in [2.24, 2.45) is 0 Å². The third kappa shape index (κ3) is 8.07. The van der Waals surface area contributed by atoms with Crippen molar-refractivity contribution in [2.45, 2.75) is 57.5 Å². The molecule has 0 saturated carbocycles. The Morgan fingerprint density at radius 3 is 2.15 bits per heavy atom. The molecule has 0 radical (unpaired) electrons. The van der Waals surface area contributed by atoms with Crippen LogP contribution in [-0.2, 0) is 26.2 Å². The molecule has 0 aromatic heterocycles. The van der Waals surface area contributed by atoms with Gasteiger partial charge in [0.1, 0.15) is 12.6 Å². The molecule has 0 spiro atoms. The number of benzene rings is 3. The smallest absolute Gasteiger partial charge is 0.264 e. The van der Waals surface area contributed by atoms with Crippen LogP contribution in [0.3, 0.4) is 0 Å². The number of halogens is 1. The largest absolute Gasteiger partial charge is 0.354 e. The molecule has 1 atom stereocenters. The number of aryl methyl sites for hydroxylation is 1. The van der Waals surface area contributed by atoms with Gasteiger partial charge in [0.15, 0.2) is 0 Å². The van der Waals surface area contributed by atoms with E-state index in [1.54, 1.807) is 42.5 Å². The van der Waals surface area contributed by atoms with Crippen molar-refractivity contribution < 1.29 is 18.0 Å². The molecule has 2 amide bonds. The van der Waals surface area contributed by atoms with Gasteiger partial charge in [0.2, 0.25) is 11.8 Å². The van der Waals surface area contributed by atoms with Crippen molar-refractivity contribution in [3.05, 3.63) is 95.0 Å². The summed E-state index contributed by atoms with van der Waals surface area (Å²) in [5, 5.41) is 3.38. The average Bonchev–Trinajstić information content (AvgIpc) is 2.93. The lowest BCUT2D eigenvalue weighted by Crippen LogP contribution is -2.52. The zero-order valence-corrected chi connectivity index (χ0v) is 24.2. The minimum absolute atomic E-state index is 0.0576. The lowest BCUT2D eigenvalue weighted by molar-refractivity contribution is -0.140. The van der Waals surface area contributed by atoms with Crippen molar-refractivity contribution in [1.82, 2.24) is 10.2 Å². The zero-order chi connectivity index (χ0) is 28.4. The van der Waals surface area contributed by atoms with Crippen molar-refractivity contribution in [3.63, 3.8) is 0 Å². The van der Waals surface area contributed by atoms with Crippen LogP contribution in [0.25, 0.3) is 0 Å². The van der Waals surface area contributed by atoms with Crippen LogP contribution < -0.4 is 9.62 Å². The molecule has 0 aliphatic heterocycles. The number of sulfonamides is 1. The number of hydrogen-bond donors (Lipinski definition) is 1. The molecular formula is C30H36ClN3O4S. The molecule has 208 valence electrons. The van der Waals surface area contributed by atoms with E-state index < -0.39 is 28.5 Å². The van der Waals surface area contributed by atoms with Gasteiger partial charge in [0, 0.05) is 18.1 Å². The molecule has 0 bridgehead atoms. The first-order valence-electron chi connectivity index (χ1n) is 13.1. The molecule has 0 saturated heterocycles. The Bertz CT molecular complexity index is 1330. The van der Waals surface area contributed by atoms with Crippen LogP contribution in [0.5, 0.6) is 0 Å². The molecular weight excluding hydrogens is 534 g/mol. The van der Waals surface area contributed by atoms with E-state index in [9.17, 15) is 18.0 Å². The maximum atomic E-state index is 14.0. The summed E-state index contributed by atoms with van der Waals surface area (Å²) in [6.45, 7) is 6.05. The van der Waals surface area contributed by atoms with Gasteiger partial charge < -0.3 is 10.2 Å². The number of nitrogens with zero attached hydrogens (tertiary/aromatic N) is 2. The zero-order valence-electron chi connectivity index (χ0n) is 22.6. The van der Waals surface area contributed by atoms with Gasteiger partial charge in [-0.3, -0.25) is 13.9 Å². The van der Waals surface area contributed by atoms with Gasteiger partial charge in [-0.1, -0.05) is 79.9 Å². The monoisotopic (exact) mass is 569 g/mol. The van der Waals surface area contributed by atoms with E-state index in [2.05, 4.69) is 5.32 Å². The van der Waals surface area contributed by atoms with Crippen LogP contribution in [0.15, 0.2) is 83.8 Å². The Kier molecular flexibility index (Phi) is 10.9. The summed E-state index contributed by atoms with van der Waals surface area (Å²) in [5.74, 6) is -0.738. The second-order valence-corrected chi connectivity index (χ2v) is 11.7. The standard InChI is InChI=1S/C30H36ClN3O4S/c1-4-6-20-32-30(36)28(5-2)33(21-24-14-12-23(3)13-15-24)29(35)22-34(26-18-16-25(31)17-19-26)39(37,38)27-10-8-7-9-11-27/h7-19,28H,4-6,20-22H2,1-3H3,(H,32,36). The maximum Gasteiger partial charge on any atom is 0.264 e. The van der Waals surface area contributed by atoms with E-state index in [1.807, 2.05) is 45.0 Å². The first-order chi connectivity index (χ1) is 18.7. The van der Waals surface area contributed by atoms with E-state index in [4.69, 9.17) is 11.6 Å². The van der Waals surface area contributed by atoms with Gasteiger partial charge in [0.05, 0.1) is 10.6 Å². The lowest BCUT2D eigenvalue weighted by Gasteiger charge is -2.33. The van der Waals surface area contributed by atoms with Crippen LogP contribution in [0.4, 0.5) is 5.69 Å². The molecule has 1 N–H and O–H groups in total. The first-order valence-corrected chi connectivity index (χ1v) is 14.9. The lowest BCUT2D eigenvalue weighted by atomic mass is 10.1.